The molecule has 2 aromatic rings. The van der Waals surface area contributed by atoms with Gasteiger partial charge in [-0.1, -0.05) is 0 Å². The Labute approximate surface area is 118 Å². The molecule has 11 heteroatoms. The fraction of sp³-hybridized carbons (Fsp3) is 0.100. The van der Waals surface area contributed by atoms with E-state index < -0.39 is 0 Å². The molecule has 0 bridgehead atoms. The van der Waals surface area contributed by atoms with Crippen molar-refractivity contribution < 1.29 is 9.47 Å². The van der Waals surface area contributed by atoms with Gasteiger partial charge < -0.3 is 26.7 Å². The van der Waals surface area contributed by atoms with E-state index in [0.29, 0.717) is 22.9 Å². The van der Waals surface area contributed by atoms with E-state index in [2.05, 4.69) is 25.5 Å². The van der Waals surface area contributed by atoms with Crippen LogP contribution in [0.25, 0.3) is 5.69 Å². The molecule has 1 aliphatic rings. The van der Waals surface area contributed by atoms with Crippen LogP contribution >= 0.6 is 0 Å². The summed E-state index contributed by atoms with van der Waals surface area (Å²) in [4.78, 5) is 7.78. The van der Waals surface area contributed by atoms with Gasteiger partial charge in [0.2, 0.25) is 12.8 Å². The van der Waals surface area contributed by atoms with Crippen molar-refractivity contribution in [3.05, 3.63) is 18.5 Å². The average molecular weight is 289 g/mol. The standard InChI is InChI=1S/C10H11N9O2/c11-9(12)16-10(13)15-5-1-7-8(21-4-20-7)2-6(5)19-3-14-17-18-19/h1-3H,4H2,(H6,11,12,13,15,16). The molecule has 0 amide bonds. The lowest BCUT2D eigenvalue weighted by Crippen LogP contribution is -2.26. The minimum absolute atomic E-state index is 0.108. The molecular formula is C10H11N9O2. The molecular weight excluding hydrogens is 278 g/mol. The second kappa shape index (κ2) is 4.96. The number of fused-ring (bicyclic) bond motifs is 1. The maximum atomic E-state index is 5.64. The molecule has 1 aromatic heterocycles. The molecule has 1 aromatic carbocycles. The van der Waals surface area contributed by atoms with Gasteiger partial charge in [-0.15, -0.1) is 5.10 Å². The highest BCUT2D eigenvalue weighted by atomic mass is 16.7. The van der Waals surface area contributed by atoms with Crippen LogP contribution in [0.1, 0.15) is 0 Å². The lowest BCUT2D eigenvalue weighted by atomic mass is 10.2. The summed E-state index contributed by atoms with van der Waals surface area (Å²) < 4.78 is 12.0. The highest BCUT2D eigenvalue weighted by molar-refractivity contribution is 5.94. The number of aromatic nitrogens is 4. The third-order valence-electron chi connectivity index (χ3n) is 2.54. The van der Waals surface area contributed by atoms with Gasteiger partial charge in [0.1, 0.15) is 6.33 Å². The fourth-order valence-electron chi connectivity index (χ4n) is 1.75. The summed E-state index contributed by atoms with van der Waals surface area (Å²) in [5.74, 6) is 0.784. The van der Waals surface area contributed by atoms with Gasteiger partial charge in [-0.3, -0.25) is 0 Å². The molecule has 21 heavy (non-hydrogen) atoms. The van der Waals surface area contributed by atoms with Crippen LogP contribution in [0.15, 0.2) is 28.4 Å². The molecule has 6 N–H and O–H groups in total. The topological polar surface area (TPSA) is 165 Å². The molecule has 2 heterocycles. The Morgan fingerprint density at radius 1 is 1.19 bits per heavy atom. The van der Waals surface area contributed by atoms with Crippen molar-refractivity contribution in [2.45, 2.75) is 0 Å². The van der Waals surface area contributed by atoms with Gasteiger partial charge in [0.15, 0.2) is 17.5 Å². The number of nitrogens with two attached hydrogens (primary N) is 3. The Balaban J connectivity index is 2.12. The summed E-state index contributed by atoms with van der Waals surface area (Å²) in [6, 6.07) is 3.31. The number of guanidine groups is 2. The van der Waals surface area contributed by atoms with Crippen LogP contribution in [0, 0.1) is 0 Å². The lowest BCUT2D eigenvalue weighted by molar-refractivity contribution is 0.174. The van der Waals surface area contributed by atoms with Crippen LogP contribution in [0.4, 0.5) is 5.69 Å². The number of hydrogen-bond donors (Lipinski definition) is 3. The molecule has 108 valence electrons. The van der Waals surface area contributed by atoms with E-state index in [0.717, 1.165) is 0 Å². The van der Waals surface area contributed by atoms with Crippen LogP contribution in [-0.2, 0) is 0 Å². The first-order valence-corrected chi connectivity index (χ1v) is 5.74. The van der Waals surface area contributed by atoms with Crippen molar-refractivity contribution in [3.63, 3.8) is 0 Å². The molecule has 0 saturated heterocycles. The van der Waals surface area contributed by atoms with Crippen molar-refractivity contribution >= 4 is 17.6 Å². The predicted octanol–water partition coefficient (Wildman–Crippen LogP) is -1.39. The molecule has 0 fully saturated rings. The third kappa shape index (κ3) is 2.51. The Hall–Kier alpha value is -3.37. The Kier molecular flexibility index (Phi) is 2.99. The van der Waals surface area contributed by atoms with Gasteiger partial charge in [-0.2, -0.15) is 9.67 Å². The van der Waals surface area contributed by atoms with E-state index in [1.165, 1.54) is 11.0 Å². The zero-order chi connectivity index (χ0) is 14.8. The van der Waals surface area contributed by atoms with E-state index in [1.807, 2.05) is 0 Å². The lowest BCUT2D eigenvalue weighted by Gasteiger charge is -2.06. The molecule has 0 aliphatic carbocycles. The minimum atomic E-state index is -0.194. The normalized spacial score (nSPS) is 13.2. The van der Waals surface area contributed by atoms with Gasteiger partial charge in [0.05, 0.1) is 11.4 Å². The second-order valence-corrected chi connectivity index (χ2v) is 3.96. The fourth-order valence-corrected chi connectivity index (χ4v) is 1.75. The summed E-state index contributed by atoms with van der Waals surface area (Å²) in [6.07, 6.45) is 1.41. The SMILES string of the molecule is NC(N)=NC(N)=Nc1cc2c(cc1-n1cnnn1)OCO2. The zero-order valence-electron chi connectivity index (χ0n) is 10.7. The van der Waals surface area contributed by atoms with E-state index in [4.69, 9.17) is 26.7 Å². The van der Waals surface area contributed by atoms with Crippen molar-refractivity contribution in [1.82, 2.24) is 20.2 Å². The molecule has 1 aliphatic heterocycles. The van der Waals surface area contributed by atoms with Crippen molar-refractivity contribution in [3.8, 4) is 17.2 Å². The smallest absolute Gasteiger partial charge is 0.231 e. The summed E-state index contributed by atoms with van der Waals surface area (Å²) in [5.41, 5.74) is 17.1. The highest BCUT2D eigenvalue weighted by Gasteiger charge is 2.19. The number of benzene rings is 1. The molecule has 3 rings (SSSR count). The van der Waals surface area contributed by atoms with Gasteiger partial charge in [-0.05, 0) is 10.4 Å². The van der Waals surface area contributed by atoms with Crippen molar-refractivity contribution in [1.29, 1.82) is 0 Å². The second-order valence-electron chi connectivity index (χ2n) is 3.96. The van der Waals surface area contributed by atoms with Gasteiger partial charge >= 0.3 is 0 Å². The number of aliphatic imine (C=N–C) groups is 2. The number of nitrogens with zero attached hydrogens (tertiary/aromatic N) is 6. The monoisotopic (exact) mass is 289 g/mol. The largest absolute Gasteiger partial charge is 0.454 e. The van der Waals surface area contributed by atoms with Crippen molar-refractivity contribution in [2.75, 3.05) is 6.79 Å². The zero-order valence-corrected chi connectivity index (χ0v) is 10.7. The van der Waals surface area contributed by atoms with Crippen LogP contribution in [-0.4, -0.2) is 38.9 Å². The Morgan fingerprint density at radius 3 is 2.62 bits per heavy atom. The van der Waals surface area contributed by atoms with Gasteiger partial charge in [0.25, 0.3) is 0 Å². The summed E-state index contributed by atoms with van der Waals surface area (Å²) >= 11 is 0. The van der Waals surface area contributed by atoms with Crippen LogP contribution in [0.5, 0.6) is 11.5 Å². The van der Waals surface area contributed by atoms with Crippen molar-refractivity contribution in [2.24, 2.45) is 27.2 Å². The Morgan fingerprint density at radius 2 is 1.95 bits per heavy atom. The van der Waals surface area contributed by atoms with Gasteiger partial charge in [-0.25, -0.2) is 4.99 Å². The summed E-state index contributed by atoms with van der Waals surface area (Å²) in [7, 11) is 0. The predicted molar refractivity (Wildman–Crippen MR) is 72.4 cm³/mol. The molecule has 0 radical (unpaired) electrons. The van der Waals surface area contributed by atoms with E-state index >= 15 is 0 Å². The first-order chi connectivity index (χ1) is 10.1. The third-order valence-corrected chi connectivity index (χ3v) is 2.54. The molecule has 0 saturated carbocycles. The maximum Gasteiger partial charge on any atom is 0.231 e. The molecule has 0 atom stereocenters. The van der Waals surface area contributed by atoms with Crippen LogP contribution in [0.2, 0.25) is 0 Å². The molecule has 0 spiro atoms. The highest BCUT2D eigenvalue weighted by Crippen LogP contribution is 2.39. The Bertz CT molecular complexity index is 718. The first kappa shape index (κ1) is 12.7. The summed E-state index contributed by atoms with van der Waals surface area (Å²) in [5, 5.41) is 11.0. The van der Waals surface area contributed by atoms with Gasteiger partial charge in [0, 0.05) is 12.1 Å². The number of ether oxygens (including phenoxy) is 2. The molecule has 0 unspecified atom stereocenters. The number of hydrogen-bond acceptors (Lipinski definition) is 6. The van der Waals surface area contributed by atoms with E-state index in [9.17, 15) is 0 Å². The average Bonchev–Trinajstić information content (AvgIpc) is 3.07. The quantitative estimate of drug-likeness (QED) is 0.449. The summed E-state index contributed by atoms with van der Waals surface area (Å²) in [6.45, 7) is 0.126. The minimum Gasteiger partial charge on any atom is -0.454 e. The van der Waals surface area contributed by atoms with Crippen LogP contribution < -0.4 is 26.7 Å². The van der Waals surface area contributed by atoms with E-state index in [-0.39, 0.29) is 18.7 Å². The number of tetrazole rings is 1. The molecule has 11 nitrogen and oxygen atoms in total. The number of rotatable bonds is 2. The van der Waals surface area contributed by atoms with E-state index in [1.54, 1.807) is 12.1 Å². The van der Waals surface area contributed by atoms with Crippen LogP contribution in [0.3, 0.4) is 0 Å². The first-order valence-electron chi connectivity index (χ1n) is 5.74. The maximum absolute atomic E-state index is 5.64.